The topological polar surface area (TPSA) is 70.9 Å². The van der Waals surface area contributed by atoms with Crippen LogP contribution in [0.1, 0.15) is 25.3 Å². The van der Waals surface area contributed by atoms with Crippen molar-refractivity contribution in [2.75, 3.05) is 12.8 Å². The number of nitrogens with two attached hydrogens (primary N) is 1. The zero-order valence-corrected chi connectivity index (χ0v) is 11.9. The van der Waals surface area contributed by atoms with Crippen LogP contribution < -0.4 is 5.73 Å². The Morgan fingerprint density at radius 1 is 1.55 bits per heavy atom. The summed E-state index contributed by atoms with van der Waals surface area (Å²) < 4.78 is 2.01. The third-order valence-electron chi connectivity index (χ3n) is 4.17. The lowest BCUT2D eigenvalue weighted by molar-refractivity contribution is 0.228. The largest absolute Gasteiger partial charge is 0.369 e. The van der Waals surface area contributed by atoms with Gasteiger partial charge in [-0.3, -0.25) is 4.90 Å². The molecule has 1 unspecified atom stereocenters. The first-order chi connectivity index (χ1) is 9.60. The van der Waals surface area contributed by atoms with Gasteiger partial charge in [-0.2, -0.15) is 5.26 Å². The normalized spacial score (nSPS) is 16.5. The van der Waals surface area contributed by atoms with Crippen molar-refractivity contribution in [3.63, 3.8) is 0 Å². The quantitative estimate of drug-likeness (QED) is 0.921. The molecule has 3 rings (SSSR count). The van der Waals surface area contributed by atoms with Crippen LogP contribution in [0.25, 0.3) is 11.0 Å². The molecular formula is C15H19N5. The van der Waals surface area contributed by atoms with E-state index in [1.807, 2.05) is 16.7 Å². The molecular weight excluding hydrogens is 250 g/mol. The second-order valence-corrected chi connectivity index (χ2v) is 5.64. The molecule has 0 radical (unpaired) electrons. The molecule has 0 spiro atoms. The summed E-state index contributed by atoms with van der Waals surface area (Å²) in [4.78, 5) is 6.78. The molecule has 1 heterocycles. The van der Waals surface area contributed by atoms with Gasteiger partial charge in [0.05, 0.1) is 22.7 Å². The molecule has 0 amide bonds. The summed E-state index contributed by atoms with van der Waals surface area (Å²) in [7, 11) is 2.17. The minimum absolute atomic E-state index is 0.396. The van der Waals surface area contributed by atoms with Crippen molar-refractivity contribution < 1.29 is 0 Å². The van der Waals surface area contributed by atoms with Gasteiger partial charge in [-0.1, -0.05) is 0 Å². The van der Waals surface area contributed by atoms with Crippen molar-refractivity contribution in [3.05, 3.63) is 23.8 Å². The van der Waals surface area contributed by atoms with Crippen LogP contribution in [0.5, 0.6) is 0 Å². The fraction of sp³-hybridized carbons (Fsp3) is 0.467. The zero-order chi connectivity index (χ0) is 14.3. The van der Waals surface area contributed by atoms with Crippen molar-refractivity contribution in [2.45, 2.75) is 38.4 Å². The Kier molecular flexibility index (Phi) is 3.11. The molecule has 5 heteroatoms. The number of aromatic nitrogens is 2. The van der Waals surface area contributed by atoms with Gasteiger partial charge in [-0.25, -0.2) is 4.98 Å². The Morgan fingerprint density at radius 2 is 2.30 bits per heavy atom. The fourth-order valence-electron chi connectivity index (χ4n) is 2.64. The van der Waals surface area contributed by atoms with Crippen LogP contribution in [0.2, 0.25) is 0 Å². The van der Waals surface area contributed by atoms with Crippen LogP contribution in [0.15, 0.2) is 18.2 Å². The van der Waals surface area contributed by atoms with Crippen LogP contribution in [-0.4, -0.2) is 33.6 Å². The lowest BCUT2D eigenvalue weighted by atomic mass is 10.2. The van der Waals surface area contributed by atoms with Crippen molar-refractivity contribution in [2.24, 2.45) is 0 Å². The highest BCUT2D eigenvalue weighted by molar-refractivity contribution is 5.79. The first kappa shape index (κ1) is 12.9. The van der Waals surface area contributed by atoms with E-state index in [2.05, 4.69) is 29.9 Å². The molecule has 1 fully saturated rings. The van der Waals surface area contributed by atoms with Gasteiger partial charge in [-0.05, 0) is 45.0 Å². The minimum Gasteiger partial charge on any atom is -0.369 e. The van der Waals surface area contributed by atoms with E-state index in [-0.39, 0.29) is 0 Å². The molecule has 104 valence electrons. The number of rotatable bonds is 4. The summed E-state index contributed by atoms with van der Waals surface area (Å²) in [5.74, 6) is 0.520. The summed E-state index contributed by atoms with van der Waals surface area (Å²) in [6.45, 7) is 3.00. The maximum Gasteiger partial charge on any atom is 0.201 e. The Morgan fingerprint density at radius 3 is 2.95 bits per heavy atom. The Balaban J connectivity index is 1.93. The van der Waals surface area contributed by atoms with Crippen LogP contribution >= 0.6 is 0 Å². The van der Waals surface area contributed by atoms with Gasteiger partial charge in [0.15, 0.2) is 0 Å². The highest BCUT2D eigenvalue weighted by atomic mass is 15.2. The van der Waals surface area contributed by atoms with E-state index in [1.54, 1.807) is 6.07 Å². The maximum atomic E-state index is 9.03. The number of benzene rings is 1. The summed E-state index contributed by atoms with van der Waals surface area (Å²) in [5.41, 5.74) is 8.47. The van der Waals surface area contributed by atoms with E-state index in [0.29, 0.717) is 17.6 Å². The molecule has 0 saturated heterocycles. The van der Waals surface area contributed by atoms with E-state index in [4.69, 9.17) is 11.0 Å². The van der Waals surface area contributed by atoms with E-state index in [1.165, 1.54) is 12.8 Å². The second kappa shape index (κ2) is 4.80. The number of likely N-dealkylation sites (N-methyl/N-ethyl adjacent to an activating group) is 1. The first-order valence-electron chi connectivity index (χ1n) is 6.98. The Bertz CT molecular complexity index is 677. The van der Waals surface area contributed by atoms with Gasteiger partial charge in [0.25, 0.3) is 0 Å². The number of hydrogen-bond donors (Lipinski definition) is 1. The van der Waals surface area contributed by atoms with Crippen LogP contribution in [0.3, 0.4) is 0 Å². The van der Waals surface area contributed by atoms with E-state index in [9.17, 15) is 0 Å². The van der Waals surface area contributed by atoms with Gasteiger partial charge in [0.2, 0.25) is 5.95 Å². The van der Waals surface area contributed by atoms with Gasteiger partial charge in [0.1, 0.15) is 0 Å². The summed E-state index contributed by atoms with van der Waals surface area (Å²) in [5, 5.41) is 9.03. The van der Waals surface area contributed by atoms with Crippen LogP contribution in [0.4, 0.5) is 5.95 Å². The van der Waals surface area contributed by atoms with Crippen LogP contribution in [0, 0.1) is 11.3 Å². The molecule has 2 N–H and O–H groups in total. The van der Waals surface area contributed by atoms with Crippen molar-refractivity contribution in [1.29, 1.82) is 5.26 Å². The molecule has 20 heavy (non-hydrogen) atoms. The summed E-state index contributed by atoms with van der Waals surface area (Å²) in [6.07, 6.45) is 2.58. The summed E-state index contributed by atoms with van der Waals surface area (Å²) >= 11 is 0. The maximum absolute atomic E-state index is 9.03. The molecule has 0 aliphatic heterocycles. The number of anilines is 1. The molecule has 1 aliphatic rings. The lowest BCUT2D eigenvalue weighted by Gasteiger charge is -2.25. The number of nitriles is 1. The average molecular weight is 269 g/mol. The van der Waals surface area contributed by atoms with Crippen molar-refractivity contribution in [1.82, 2.24) is 14.5 Å². The highest BCUT2D eigenvalue weighted by Crippen LogP contribution is 2.28. The average Bonchev–Trinajstić information content (AvgIpc) is 3.24. The van der Waals surface area contributed by atoms with Crippen LogP contribution in [-0.2, 0) is 6.54 Å². The minimum atomic E-state index is 0.396. The number of nitrogen functional groups attached to an aromatic ring is 1. The predicted molar refractivity (Wildman–Crippen MR) is 79.1 cm³/mol. The molecule has 1 saturated carbocycles. The van der Waals surface area contributed by atoms with Crippen molar-refractivity contribution >= 4 is 17.0 Å². The zero-order valence-electron chi connectivity index (χ0n) is 11.9. The number of nitrogens with zero attached hydrogens (tertiary/aromatic N) is 4. The number of hydrogen-bond acceptors (Lipinski definition) is 4. The van der Waals surface area contributed by atoms with Gasteiger partial charge < -0.3 is 10.3 Å². The third-order valence-corrected chi connectivity index (χ3v) is 4.17. The van der Waals surface area contributed by atoms with Gasteiger partial charge in [0, 0.05) is 18.6 Å². The fourth-order valence-corrected chi connectivity index (χ4v) is 2.64. The predicted octanol–water partition coefficient (Wildman–Crippen LogP) is 1.97. The van der Waals surface area contributed by atoms with E-state index in [0.717, 1.165) is 23.6 Å². The highest BCUT2D eigenvalue weighted by Gasteiger charge is 2.29. The molecule has 5 nitrogen and oxygen atoms in total. The Hall–Kier alpha value is -2.06. The summed E-state index contributed by atoms with van der Waals surface area (Å²) in [6, 6.07) is 8.78. The lowest BCUT2D eigenvalue weighted by Crippen LogP contribution is -2.34. The molecule has 0 bridgehead atoms. The first-order valence-corrected chi connectivity index (χ1v) is 6.98. The molecule has 1 aromatic carbocycles. The molecule has 1 aliphatic carbocycles. The monoisotopic (exact) mass is 269 g/mol. The van der Waals surface area contributed by atoms with E-state index >= 15 is 0 Å². The molecule has 2 aromatic rings. The Labute approximate surface area is 118 Å². The third kappa shape index (κ3) is 2.23. The SMILES string of the molecule is CC(Cn1c(N)nc2ccc(C#N)cc21)N(C)C1CC1. The molecule has 1 atom stereocenters. The number of fused-ring (bicyclic) bond motifs is 1. The number of imidazole rings is 1. The second-order valence-electron chi connectivity index (χ2n) is 5.64. The van der Waals surface area contributed by atoms with Crippen molar-refractivity contribution in [3.8, 4) is 6.07 Å². The standard InChI is InChI=1S/C15H19N5/c1-10(19(2)12-4-5-12)9-20-14-7-11(8-16)3-6-13(14)18-15(20)17/h3,6-7,10,12H,4-5,9H2,1-2H3,(H2,17,18). The molecule has 1 aromatic heterocycles. The van der Waals surface area contributed by atoms with E-state index < -0.39 is 0 Å². The van der Waals surface area contributed by atoms with Gasteiger partial charge >= 0.3 is 0 Å². The van der Waals surface area contributed by atoms with Gasteiger partial charge in [-0.15, -0.1) is 0 Å². The smallest absolute Gasteiger partial charge is 0.201 e.